The lowest BCUT2D eigenvalue weighted by Crippen LogP contribution is -2.23. The first-order valence-corrected chi connectivity index (χ1v) is 10.0. The minimum Gasteiger partial charge on any atom is -0.348 e. The monoisotopic (exact) mass is 404 g/mol. The molecule has 0 spiro atoms. The van der Waals surface area contributed by atoms with Gasteiger partial charge in [-0.3, -0.25) is 4.79 Å². The summed E-state index contributed by atoms with van der Waals surface area (Å²) in [6.07, 6.45) is 0. The summed E-state index contributed by atoms with van der Waals surface area (Å²) < 4.78 is 0. The van der Waals surface area contributed by atoms with Gasteiger partial charge in [0.15, 0.2) is 0 Å². The van der Waals surface area contributed by atoms with Crippen molar-refractivity contribution in [3.63, 3.8) is 0 Å². The average Bonchev–Trinajstić information content (AvgIpc) is 2.74. The molecule has 5 heteroatoms. The second-order valence-corrected chi connectivity index (χ2v) is 7.78. The smallest absolute Gasteiger partial charge is 0.252 e. The summed E-state index contributed by atoms with van der Waals surface area (Å²) in [5, 5.41) is 5.31. The summed E-state index contributed by atoms with van der Waals surface area (Å²) in [4.78, 5) is 18.6. The van der Waals surface area contributed by atoms with Gasteiger partial charge >= 0.3 is 0 Å². The van der Waals surface area contributed by atoms with Gasteiger partial charge in [-0.25, -0.2) is 4.98 Å². The second kappa shape index (κ2) is 8.46. The van der Waals surface area contributed by atoms with Crippen molar-refractivity contribution in [1.29, 1.82) is 0 Å². The number of carbonyl (C=O) groups is 1. The van der Waals surface area contributed by atoms with E-state index in [1.54, 1.807) is 0 Å². The highest BCUT2D eigenvalue weighted by molar-refractivity contribution is 7.99. The number of rotatable bonds is 5. The molecule has 0 radical (unpaired) electrons. The van der Waals surface area contributed by atoms with Crippen LogP contribution in [-0.4, -0.2) is 10.9 Å². The maximum atomic E-state index is 12.9. The molecule has 1 amide bonds. The standard InChI is InChI=1S/C23H17ClN2OS/c24-17-10-12-18(13-11-17)28-22-14-20(19-8-4-5-9-21(19)26-22)23(27)25-15-16-6-2-1-3-7-16/h1-14H,15H2,(H,25,27). The summed E-state index contributed by atoms with van der Waals surface area (Å²) in [5.74, 6) is -0.111. The second-order valence-electron chi connectivity index (χ2n) is 6.25. The molecule has 0 atom stereocenters. The summed E-state index contributed by atoms with van der Waals surface area (Å²) in [6, 6.07) is 27.0. The Balaban J connectivity index is 1.64. The van der Waals surface area contributed by atoms with Crippen LogP contribution >= 0.6 is 23.4 Å². The molecule has 0 fully saturated rings. The number of para-hydroxylation sites is 1. The number of amides is 1. The number of carbonyl (C=O) groups excluding carboxylic acids is 1. The number of pyridine rings is 1. The van der Waals surface area contributed by atoms with Crippen LogP contribution in [0, 0.1) is 0 Å². The fraction of sp³-hybridized carbons (Fsp3) is 0.0435. The normalized spacial score (nSPS) is 10.8. The van der Waals surface area contributed by atoms with E-state index >= 15 is 0 Å². The highest BCUT2D eigenvalue weighted by Gasteiger charge is 2.13. The molecule has 28 heavy (non-hydrogen) atoms. The Labute approximate surface area is 172 Å². The van der Waals surface area contributed by atoms with Crippen LogP contribution in [0.3, 0.4) is 0 Å². The summed E-state index contributed by atoms with van der Waals surface area (Å²) in [5.41, 5.74) is 2.48. The molecule has 3 nitrogen and oxygen atoms in total. The zero-order valence-electron chi connectivity index (χ0n) is 14.9. The van der Waals surface area contributed by atoms with Crippen LogP contribution in [0.25, 0.3) is 10.9 Å². The molecular formula is C23H17ClN2OS. The van der Waals surface area contributed by atoms with Crippen molar-refractivity contribution in [3.05, 3.63) is 101 Å². The molecule has 0 unspecified atom stereocenters. The van der Waals surface area contributed by atoms with Gasteiger partial charge in [-0.15, -0.1) is 0 Å². The topological polar surface area (TPSA) is 42.0 Å². The van der Waals surface area contributed by atoms with Gasteiger partial charge in [0.05, 0.1) is 11.1 Å². The van der Waals surface area contributed by atoms with Crippen molar-refractivity contribution < 1.29 is 4.79 Å². The number of hydrogen-bond acceptors (Lipinski definition) is 3. The molecule has 0 aliphatic heterocycles. The Bertz CT molecular complexity index is 1110. The number of nitrogens with zero attached hydrogens (tertiary/aromatic N) is 1. The lowest BCUT2D eigenvalue weighted by molar-refractivity contribution is 0.0952. The van der Waals surface area contributed by atoms with Crippen LogP contribution in [0.15, 0.2) is 94.9 Å². The predicted molar refractivity (Wildman–Crippen MR) is 115 cm³/mol. The van der Waals surface area contributed by atoms with E-state index in [0.717, 1.165) is 26.4 Å². The Hall–Kier alpha value is -2.82. The molecule has 0 saturated carbocycles. The van der Waals surface area contributed by atoms with E-state index in [-0.39, 0.29) is 5.91 Å². The van der Waals surface area contributed by atoms with Crippen LogP contribution in [0.1, 0.15) is 15.9 Å². The quantitative estimate of drug-likeness (QED) is 0.445. The number of nitrogens with one attached hydrogen (secondary N) is 1. The average molecular weight is 405 g/mol. The first-order valence-electron chi connectivity index (χ1n) is 8.84. The van der Waals surface area contributed by atoms with Crippen LogP contribution in [0.2, 0.25) is 5.02 Å². The van der Waals surface area contributed by atoms with Crippen molar-refractivity contribution >= 4 is 40.2 Å². The van der Waals surface area contributed by atoms with Crippen molar-refractivity contribution in [2.45, 2.75) is 16.5 Å². The molecule has 138 valence electrons. The first-order chi connectivity index (χ1) is 13.7. The third-order valence-electron chi connectivity index (χ3n) is 4.27. The molecule has 0 saturated heterocycles. The fourth-order valence-corrected chi connectivity index (χ4v) is 3.85. The van der Waals surface area contributed by atoms with Crippen molar-refractivity contribution in [2.75, 3.05) is 0 Å². The molecular weight excluding hydrogens is 388 g/mol. The molecule has 0 bridgehead atoms. The van der Waals surface area contributed by atoms with Gasteiger partial charge in [-0.1, -0.05) is 71.9 Å². The third kappa shape index (κ3) is 4.35. The minimum absolute atomic E-state index is 0.111. The third-order valence-corrected chi connectivity index (χ3v) is 5.45. The molecule has 4 rings (SSSR count). The number of benzene rings is 3. The number of hydrogen-bond donors (Lipinski definition) is 1. The minimum atomic E-state index is -0.111. The van der Waals surface area contributed by atoms with E-state index < -0.39 is 0 Å². The number of aromatic nitrogens is 1. The van der Waals surface area contributed by atoms with Gasteiger partial charge < -0.3 is 5.32 Å². The van der Waals surface area contributed by atoms with Crippen molar-refractivity contribution in [2.24, 2.45) is 0 Å². The molecule has 1 N–H and O–H groups in total. The lowest BCUT2D eigenvalue weighted by Gasteiger charge is -2.10. The van der Waals surface area contributed by atoms with E-state index in [1.807, 2.05) is 84.9 Å². The highest BCUT2D eigenvalue weighted by Crippen LogP contribution is 2.30. The van der Waals surface area contributed by atoms with Crippen LogP contribution in [0.5, 0.6) is 0 Å². The molecule has 4 aromatic rings. The van der Waals surface area contributed by atoms with Gasteiger partial charge in [0.2, 0.25) is 0 Å². The van der Waals surface area contributed by atoms with Crippen LogP contribution in [-0.2, 0) is 6.54 Å². The predicted octanol–water partition coefficient (Wildman–Crippen LogP) is 5.97. The SMILES string of the molecule is O=C(NCc1ccccc1)c1cc(Sc2ccc(Cl)cc2)nc2ccccc12. The number of halogens is 1. The van der Waals surface area contributed by atoms with Gasteiger partial charge in [-0.05, 0) is 42.0 Å². The van der Waals surface area contributed by atoms with Gasteiger partial charge in [0, 0.05) is 21.8 Å². The van der Waals surface area contributed by atoms with Crippen LogP contribution < -0.4 is 5.32 Å². The Morgan fingerprint density at radius 3 is 2.43 bits per heavy atom. The highest BCUT2D eigenvalue weighted by atomic mass is 35.5. The van der Waals surface area contributed by atoms with E-state index in [2.05, 4.69) is 5.32 Å². The van der Waals surface area contributed by atoms with Crippen molar-refractivity contribution in [1.82, 2.24) is 10.3 Å². The zero-order valence-corrected chi connectivity index (χ0v) is 16.5. The maximum Gasteiger partial charge on any atom is 0.252 e. The Morgan fingerprint density at radius 1 is 0.929 bits per heavy atom. The van der Waals surface area contributed by atoms with Gasteiger partial charge in [0.25, 0.3) is 5.91 Å². The lowest BCUT2D eigenvalue weighted by atomic mass is 10.1. The number of fused-ring (bicyclic) bond motifs is 1. The Kier molecular flexibility index (Phi) is 5.60. The molecule has 0 aliphatic rings. The summed E-state index contributed by atoms with van der Waals surface area (Å²) in [6.45, 7) is 0.482. The zero-order chi connectivity index (χ0) is 19.3. The maximum absolute atomic E-state index is 12.9. The van der Waals surface area contributed by atoms with Gasteiger partial charge in [-0.2, -0.15) is 0 Å². The van der Waals surface area contributed by atoms with Crippen LogP contribution in [0.4, 0.5) is 0 Å². The molecule has 1 heterocycles. The van der Waals surface area contributed by atoms with E-state index in [0.29, 0.717) is 17.1 Å². The van der Waals surface area contributed by atoms with E-state index in [1.165, 1.54) is 11.8 Å². The van der Waals surface area contributed by atoms with E-state index in [4.69, 9.17) is 16.6 Å². The molecule has 1 aromatic heterocycles. The summed E-state index contributed by atoms with van der Waals surface area (Å²) >= 11 is 7.47. The van der Waals surface area contributed by atoms with Crippen molar-refractivity contribution in [3.8, 4) is 0 Å². The fourth-order valence-electron chi connectivity index (χ4n) is 2.89. The Morgan fingerprint density at radius 2 is 1.64 bits per heavy atom. The first kappa shape index (κ1) is 18.5. The molecule has 3 aromatic carbocycles. The molecule has 0 aliphatic carbocycles. The summed E-state index contributed by atoms with van der Waals surface area (Å²) in [7, 11) is 0. The van der Waals surface area contributed by atoms with E-state index in [9.17, 15) is 4.79 Å². The largest absolute Gasteiger partial charge is 0.348 e. The van der Waals surface area contributed by atoms with Gasteiger partial charge in [0.1, 0.15) is 5.03 Å².